The van der Waals surface area contributed by atoms with Crippen molar-refractivity contribution in [2.45, 2.75) is 32.5 Å². The molecule has 1 aliphatic heterocycles. The highest BCUT2D eigenvalue weighted by atomic mass is 19.3. The maximum absolute atomic E-state index is 13.8. The lowest BCUT2D eigenvalue weighted by Crippen LogP contribution is -2.25. The maximum Gasteiger partial charge on any atom is 0.414 e. The van der Waals surface area contributed by atoms with Gasteiger partial charge in [0.05, 0.1) is 13.2 Å². The third-order valence-electron chi connectivity index (χ3n) is 4.49. The lowest BCUT2D eigenvalue weighted by Gasteiger charge is -2.18. The lowest BCUT2D eigenvalue weighted by atomic mass is 9.98. The van der Waals surface area contributed by atoms with Crippen molar-refractivity contribution in [2.24, 2.45) is 0 Å². The van der Waals surface area contributed by atoms with Gasteiger partial charge in [-0.15, -0.1) is 0 Å². The van der Waals surface area contributed by atoms with E-state index in [-0.39, 0.29) is 25.3 Å². The van der Waals surface area contributed by atoms with E-state index >= 15 is 0 Å². The van der Waals surface area contributed by atoms with Gasteiger partial charge in [0.15, 0.2) is 0 Å². The standard InChI is InChI=1S/C20H21F2NO4/c1-13-4-3-5-18(20(2,21)22)17(13)12-26-15-8-6-14(7-9-15)23-10-16(11-24)27-19(23)25/h3-9,16,24H,10-12H2,1-2H3. The van der Waals surface area contributed by atoms with Gasteiger partial charge < -0.3 is 14.6 Å². The Labute approximate surface area is 156 Å². The smallest absolute Gasteiger partial charge is 0.414 e. The summed E-state index contributed by atoms with van der Waals surface area (Å²) in [5.41, 5.74) is 1.76. The summed E-state index contributed by atoms with van der Waals surface area (Å²) in [6.45, 7) is 2.70. The van der Waals surface area contributed by atoms with Crippen LogP contribution in [0, 0.1) is 6.92 Å². The van der Waals surface area contributed by atoms with Gasteiger partial charge in [-0.3, -0.25) is 4.90 Å². The van der Waals surface area contributed by atoms with Gasteiger partial charge in [0.2, 0.25) is 0 Å². The topological polar surface area (TPSA) is 59.0 Å². The van der Waals surface area contributed by atoms with E-state index in [1.165, 1.54) is 11.0 Å². The third-order valence-corrected chi connectivity index (χ3v) is 4.49. The molecule has 1 unspecified atom stereocenters. The van der Waals surface area contributed by atoms with Crippen LogP contribution in [0.15, 0.2) is 42.5 Å². The number of benzene rings is 2. The number of cyclic esters (lactones) is 1. The number of carbonyl (C=O) groups excluding carboxylic acids is 1. The Morgan fingerprint density at radius 1 is 1.26 bits per heavy atom. The van der Waals surface area contributed by atoms with E-state index in [0.717, 1.165) is 12.5 Å². The second-order valence-electron chi connectivity index (χ2n) is 6.57. The average molecular weight is 377 g/mol. The molecule has 0 saturated carbocycles. The molecule has 0 bridgehead atoms. The molecule has 2 aromatic carbocycles. The molecular formula is C20H21F2NO4. The number of anilines is 1. The first kappa shape index (κ1) is 19.1. The first-order valence-electron chi connectivity index (χ1n) is 8.58. The van der Waals surface area contributed by atoms with Crippen LogP contribution in [-0.2, 0) is 17.3 Å². The number of amides is 1. The molecule has 7 heteroatoms. The minimum atomic E-state index is -2.95. The van der Waals surface area contributed by atoms with E-state index in [1.807, 2.05) is 0 Å². The molecule has 144 valence electrons. The highest BCUT2D eigenvalue weighted by Gasteiger charge is 2.32. The highest BCUT2D eigenvalue weighted by Crippen LogP contribution is 2.32. The molecule has 3 rings (SSSR count). The van der Waals surface area contributed by atoms with Crippen molar-refractivity contribution < 1.29 is 28.2 Å². The van der Waals surface area contributed by atoms with Crippen molar-refractivity contribution in [3.8, 4) is 5.75 Å². The van der Waals surface area contributed by atoms with Gasteiger partial charge in [0.25, 0.3) is 5.92 Å². The Kier molecular flexibility index (Phi) is 5.32. The number of aryl methyl sites for hydroxylation is 1. The number of ether oxygens (including phenoxy) is 2. The molecule has 1 atom stereocenters. The molecule has 1 N–H and O–H groups in total. The van der Waals surface area contributed by atoms with Crippen LogP contribution in [0.25, 0.3) is 0 Å². The number of halogens is 2. The summed E-state index contributed by atoms with van der Waals surface area (Å²) < 4.78 is 38.3. The van der Waals surface area contributed by atoms with E-state index in [9.17, 15) is 13.6 Å². The second kappa shape index (κ2) is 7.52. The van der Waals surface area contributed by atoms with Crippen molar-refractivity contribution in [3.05, 3.63) is 59.2 Å². The van der Waals surface area contributed by atoms with Gasteiger partial charge in [-0.25, -0.2) is 13.6 Å². The largest absolute Gasteiger partial charge is 0.489 e. The third kappa shape index (κ3) is 4.19. The van der Waals surface area contributed by atoms with Crippen LogP contribution in [0.4, 0.5) is 19.3 Å². The minimum Gasteiger partial charge on any atom is -0.489 e. The van der Waals surface area contributed by atoms with Gasteiger partial charge in [-0.05, 0) is 36.8 Å². The molecule has 1 amide bonds. The first-order valence-corrected chi connectivity index (χ1v) is 8.58. The second-order valence-corrected chi connectivity index (χ2v) is 6.57. The zero-order valence-electron chi connectivity index (χ0n) is 15.1. The molecule has 0 aromatic heterocycles. The first-order chi connectivity index (χ1) is 12.8. The number of hydrogen-bond donors (Lipinski definition) is 1. The molecule has 0 aliphatic carbocycles. The normalized spacial score (nSPS) is 17.1. The summed E-state index contributed by atoms with van der Waals surface area (Å²) in [5, 5.41) is 9.10. The molecule has 0 spiro atoms. The van der Waals surface area contributed by atoms with Gasteiger partial charge in [0.1, 0.15) is 18.5 Å². The average Bonchev–Trinajstić information content (AvgIpc) is 3.01. The molecule has 1 aliphatic rings. The van der Waals surface area contributed by atoms with E-state index in [1.54, 1.807) is 43.3 Å². The van der Waals surface area contributed by atoms with E-state index < -0.39 is 18.1 Å². The molecule has 2 aromatic rings. The van der Waals surface area contributed by atoms with Crippen molar-refractivity contribution >= 4 is 11.8 Å². The molecule has 27 heavy (non-hydrogen) atoms. The van der Waals surface area contributed by atoms with E-state index in [2.05, 4.69) is 0 Å². The Balaban J connectivity index is 1.71. The Morgan fingerprint density at radius 2 is 1.96 bits per heavy atom. The van der Waals surface area contributed by atoms with Crippen molar-refractivity contribution in [1.82, 2.24) is 0 Å². The minimum absolute atomic E-state index is 0.0170. The van der Waals surface area contributed by atoms with Crippen LogP contribution in [0.5, 0.6) is 5.75 Å². The SMILES string of the molecule is Cc1cccc(C(C)(F)F)c1COc1ccc(N2CC(CO)OC2=O)cc1. The number of aliphatic hydroxyl groups is 1. The predicted octanol–water partition coefficient (Wildman–Crippen LogP) is 4.00. The van der Waals surface area contributed by atoms with E-state index in [0.29, 0.717) is 17.0 Å². The quantitative estimate of drug-likeness (QED) is 0.827. The van der Waals surface area contributed by atoms with Crippen LogP contribution in [-0.4, -0.2) is 30.5 Å². The molecule has 0 radical (unpaired) electrons. The lowest BCUT2D eigenvalue weighted by molar-refractivity contribution is 0.0155. The fraction of sp³-hybridized carbons (Fsp3) is 0.350. The van der Waals surface area contributed by atoms with Gasteiger partial charge in [0, 0.05) is 23.7 Å². The number of carbonyl (C=O) groups is 1. The summed E-state index contributed by atoms with van der Waals surface area (Å²) in [4.78, 5) is 13.2. The zero-order valence-corrected chi connectivity index (χ0v) is 15.1. The molecule has 1 fully saturated rings. The predicted molar refractivity (Wildman–Crippen MR) is 96.2 cm³/mol. The zero-order chi connectivity index (χ0) is 19.6. The Bertz CT molecular complexity index is 818. The van der Waals surface area contributed by atoms with Crippen molar-refractivity contribution in [3.63, 3.8) is 0 Å². The van der Waals surface area contributed by atoms with E-state index in [4.69, 9.17) is 14.6 Å². The number of alkyl halides is 2. The Hall–Kier alpha value is -2.67. The fourth-order valence-corrected chi connectivity index (χ4v) is 3.01. The summed E-state index contributed by atoms with van der Waals surface area (Å²) in [7, 11) is 0. The fourth-order valence-electron chi connectivity index (χ4n) is 3.01. The number of aliphatic hydroxyl groups excluding tert-OH is 1. The van der Waals surface area contributed by atoms with Crippen LogP contribution in [0.1, 0.15) is 23.6 Å². The molecule has 1 saturated heterocycles. The summed E-state index contributed by atoms with van der Waals surface area (Å²) in [6, 6.07) is 11.5. The van der Waals surface area contributed by atoms with Gasteiger partial charge in [-0.1, -0.05) is 18.2 Å². The molecule has 1 heterocycles. The number of nitrogens with zero attached hydrogens (tertiary/aromatic N) is 1. The summed E-state index contributed by atoms with van der Waals surface area (Å²) in [6.07, 6.45) is -1.05. The maximum atomic E-state index is 13.8. The monoisotopic (exact) mass is 377 g/mol. The van der Waals surface area contributed by atoms with Crippen molar-refractivity contribution in [1.29, 1.82) is 0 Å². The summed E-state index contributed by atoms with van der Waals surface area (Å²) in [5.74, 6) is -2.45. The summed E-state index contributed by atoms with van der Waals surface area (Å²) >= 11 is 0. The highest BCUT2D eigenvalue weighted by molar-refractivity contribution is 5.89. The number of hydrogen-bond acceptors (Lipinski definition) is 4. The van der Waals surface area contributed by atoms with Crippen LogP contribution < -0.4 is 9.64 Å². The van der Waals surface area contributed by atoms with Crippen molar-refractivity contribution in [2.75, 3.05) is 18.1 Å². The molecular weight excluding hydrogens is 356 g/mol. The Morgan fingerprint density at radius 3 is 2.56 bits per heavy atom. The van der Waals surface area contributed by atoms with Crippen LogP contribution in [0.2, 0.25) is 0 Å². The number of rotatable bonds is 6. The van der Waals surface area contributed by atoms with Gasteiger partial charge >= 0.3 is 6.09 Å². The van der Waals surface area contributed by atoms with Crippen LogP contribution >= 0.6 is 0 Å². The van der Waals surface area contributed by atoms with Crippen LogP contribution in [0.3, 0.4) is 0 Å². The molecule has 5 nitrogen and oxygen atoms in total. The van der Waals surface area contributed by atoms with Gasteiger partial charge in [-0.2, -0.15) is 0 Å².